The molecule has 1 aliphatic rings. The molecule has 34 heavy (non-hydrogen) atoms. The summed E-state index contributed by atoms with van der Waals surface area (Å²) >= 11 is 0.900. The van der Waals surface area contributed by atoms with Crippen LogP contribution in [-0.4, -0.2) is 31.6 Å². The van der Waals surface area contributed by atoms with Gasteiger partial charge in [0.15, 0.2) is 6.68 Å². The number of amides is 1. The predicted molar refractivity (Wildman–Crippen MR) is 99.0 cm³/mol. The van der Waals surface area contributed by atoms with E-state index in [1.807, 2.05) is 0 Å². The second-order valence-electron chi connectivity index (χ2n) is 7.14. The summed E-state index contributed by atoms with van der Waals surface area (Å²) in [6, 6.07) is 1.18. The van der Waals surface area contributed by atoms with Crippen LogP contribution in [0.1, 0.15) is 47.2 Å². The molecule has 1 saturated carbocycles. The van der Waals surface area contributed by atoms with E-state index in [0.29, 0.717) is 24.7 Å². The van der Waals surface area contributed by atoms with E-state index < -0.39 is 41.6 Å². The second-order valence-corrected chi connectivity index (χ2v) is 7.14. The van der Waals surface area contributed by atoms with Crippen LogP contribution < -0.4 is 10.6 Å². The van der Waals surface area contributed by atoms with Crippen LogP contribution in [0.3, 0.4) is 0 Å². The van der Waals surface area contributed by atoms with Gasteiger partial charge in [-0.3, -0.25) is 4.79 Å². The van der Waals surface area contributed by atoms with Gasteiger partial charge in [0.2, 0.25) is 0 Å². The van der Waals surface area contributed by atoms with Gasteiger partial charge in [-0.05, 0) is 56.3 Å². The summed E-state index contributed by atoms with van der Waals surface area (Å²) in [6.07, 6.45) is -6.70. The Morgan fingerprint density at radius 3 is 1.76 bits per heavy atom. The van der Waals surface area contributed by atoms with Crippen molar-refractivity contribution in [3.05, 3.63) is 47.3 Å². The molecule has 1 fully saturated rings. The van der Waals surface area contributed by atoms with Gasteiger partial charge in [0.25, 0.3) is 5.91 Å². The van der Waals surface area contributed by atoms with Crippen molar-refractivity contribution in [1.82, 2.24) is 10.6 Å². The van der Waals surface area contributed by atoms with Gasteiger partial charge in [0, 0.05) is 18.2 Å². The Labute approximate surface area is 200 Å². The van der Waals surface area contributed by atoms with Crippen molar-refractivity contribution in [1.29, 1.82) is 0 Å². The van der Waals surface area contributed by atoms with Gasteiger partial charge in [-0.25, -0.2) is 0 Å². The number of nitrogens with one attached hydrogen (secondary N) is 3. The van der Waals surface area contributed by atoms with Crippen molar-refractivity contribution >= 4 is 5.91 Å². The van der Waals surface area contributed by atoms with Gasteiger partial charge in [-0.1, -0.05) is 0 Å². The zero-order valence-electron chi connectivity index (χ0n) is 17.4. The summed E-state index contributed by atoms with van der Waals surface area (Å²) in [5.74, 6) is -0.836. The van der Waals surface area contributed by atoms with Crippen LogP contribution in [0, 0.1) is 12.6 Å². The fourth-order valence-electron chi connectivity index (χ4n) is 3.27. The van der Waals surface area contributed by atoms with Crippen LogP contribution in [-0.2, 0) is 34.7 Å². The normalized spacial score (nSPS) is 18.3. The number of carbonyl (C=O) groups is 1. The van der Waals surface area contributed by atoms with Crippen molar-refractivity contribution in [2.45, 2.75) is 44.1 Å². The van der Waals surface area contributed by atoms with Crippen molar-refractivity contribution in [3.8, 4) is 0 Å². The first-order valence-corrected chi connectivity index (χ1v) is 10.4. The van der Waals surface area contributed by atoms with Crippen molar-refractivity contribution in [2.75, 3.05) is 19.6 Å². The van der Waals surface area contributed by atoms with Crippen LogP contribution in [0.25, 0.3) is 5.73 Å². The number of hydrogen-bond donors (Lipinski definition) is 2. The van der Waals surface area contributed by atoms with Gasteiger partial charge in [0.05, 0.1) is 11.1 Å². The Bertz CT molecular complexity index is 706. The molecule has 0 radical (unpaired) electrons. The SMILES string of the molecule is F[C-](F)F.[NH-]CCNC1CCC(CNC(=O)c2cc(C(F)(F)F)cc(C(F)(F)F)c2)CC1.[O]=[Tc+2]. The first-order valence-electron chi connectivity index (χ1n) is 9.68. The molecule has 1 aromatic rings. The summed E-state index contributed by atoms with van der Waals surface area (Å²) in [4.78, 5) is 12.2. The summed E-state index contributed by atoms with van der Waals surface area (Å²) in [5, 5.41) is 5.70. The molecule has 0 aromatic heterocycles. The maximum absolute atomic E-state index is 12.9. The quantitative estimate of drug-likeness (QED) is 0.320. The van der Waals surface area contributed by atoms with E-state index in [9.17, 15) is 44.3 Å². The van der Waals surface area contributed by atoms with E-state index in [4.69, 9.17) is 9.24 Å². The molecular formula is C19H22F9N3O2Tc. The Morgan fingerprint density at radius 1 is 0.941 bits per heavy atom. The van der Waals surface area contributed by atoms with E-state index in [1.165, 1.54) is 0 Å². The first-order chi connectivity index (χ1) is 15.7. The Kier molecular flexibility index (Phi) is 14.7. The van der Waals surface area contributed by atoms with Gasteiger partial charge in [0.1, 0.15) is 0 Å². The molecule has 0 spiro atoms. The number of rotatable bonds is 6. The average molecular weight is 593 g/mol. The maximum atomic E-state index is 12.9. The zero-order chi connectivity index (χ0) is 26.5. The predicted octanol–water partition coefficient (Wildman–Crippen LogP) is 5.88. The van der Waals surface area contributed by atoms with E-state index in [2.05, 4.69) is 10.6 Å². The van der Waals surface area contributed by atoms with E-state index in [0.717, 1.165) is 44.5 Å². The average Bonchev–Trinajstić information content (AvgIpc) is 2.76. The topological polar surface area (TPSA) is 82.0 Å². The summed E-state index contributed by atoms with van der Waals surface area (Å²) < 4.78 is 114. The number of benzene rings is 1. The second kappa shape index (κ2) is 15.4. The molecule has 0 bridgehead atoms. The fourth-order valence-corrected chi connectivity index (χ4v) is 3.27. The van der Waals surface area contributed by atoms with Crippen molar-refractivity contribution in [3.63, 3.8) is 0 Å². The molecule has 1 aliphatic carbocycles. The summed E-state index contributed by atoms with van der Waals surface area (Å²) in [5.41, 5.74) is 3.44. The molecular weight excluding hydrogens is 571 g/mol. The van der Waals surface area contributed by atoms with Crippen LogP contribution in [0.4, 0.5) is 39.5 Å². The first kappa shape index (κ1) is 32.4. The molecule has 1 aromatic carbocycles. The molecule has 0 atom stereocenters. The minimum atomic E-state index is -4.99. The van der Waals surface area contributed by atoms with Crippen molar-refractivity contribution < 1.29 is 66.7 Å². The van der Waals surface area contributed by atoms with Crippen molar-refractivity contribution in [2.24, 2.45) is 5.92 Å². The molecule has 0 heterocycles. The third-order valence-electron chi connectivity index (χ3n) is 4.81. The molecule has 0 unspecified atom stereocenters. The molecule has 0 aliphatic heterocycles. The third-order valence-corrected chi connectivity index (χ3v) is 4.81. The van der Waals surface area contributed by atoms with E-state index in [1.54, 1.807) is 0 Å². The molecule has 15 heteroatoms. The van der Waals surface area contributed by atoms with Gasteiger partial charge < -0.3 is 29.5 Å². The van der Waals surface area contributed by atoms with Crippen LogP contribution in [0.15, 0.2) is 18.2 Å². The molecule has 5 nitrogen and oxygen atoms in total. The van der Waals surface area contributed by atoms with Gasteiger partial charge in [-0.2, -0.15) is 26.3 Å². The van der Waals surface area contributed by atoms with Crippen LogP contribution in [0.5, 0.6) is 0 Å². The van der Waals surface area contributed by atoms with E-state index in [-0.39, 0.29) is 25.1 Å². The zero-order valence-corrected chi connectivity index (χ0v) is 19.3. The number of hydrogen-bond acceptors (Lipinski definition) is 3. The van der Waals surface area contributed by atoms with Crippen LogP contribution in [0.2, 0.25) is 0 Å². The number of halogens is 9. The monoisotopic (exact) mass is 592 g/mol. The molecule has 1 amide bonds. The van der Waals surface area contributed by atoms with Gasteiger partial charge in [-0.15, -0.1) is 6.54 Å². The Balaban J connectivity index is 0.00000164. The van der Waals surface area contributed by atoms with Gasteiger partial charge >= 0.3 is 34.7 Å². The Morgan fingerprint density at radius 2 is 1.38 bits per heavy atom. The number of carbonyl (C=O) groups excluding carboxylic acids is 1. The fraction of sp³-hybridized carbons (Fsp3) is 0.579. The molecule has 195 valence electrons. The Hall–Kier alpha value is -1.57. The molecule has 2 rings (SSSR count). The number of alkyl halides is 6. The molecule has 3 N–H and O–H groups in total. The van der Waals surface area contributed by atoms with Crippen LogP contribution >= 0.6 is 0 Å². The molecule has 0 saturated heterocycles. The summed E-state index contributed by atoms with van der Waals surface area (Å²) in [6.45, 7) is -2.00. The standard InChI is InChI=1S/C18H22F6N3O.CF3.O.Tc/c19-17(20,21)13-7-12(8-14(9-13)18(22,23)24)16(28)27-10-11-1-3-15(4-2-11)26-6-5-25;2-1(3)4;;/h7-9,11,15,25-26H,1-6,10H2,(H,27,28);;;/q2*-1;;+2. The summed E-state index contributed by atoms with van der Waals surface area (Å²) in [7, 11) is 0. The minimum absolute atomic E-state index is 0.00190. The third kappa shape index (κ3) is 12.8. The van der Waals surface area contributed by atoms with E-state index >= 15 is 0 Å².